The first-order valence-electron chi connectivity index (χ1n) is 6.82. The van der Waals surface area contributed by atoms with Crippen LogP contribution in [0.4, 0.5) is 0 Å². The summed E-state index contributed by atoms with van der Waals surface area (Å²) in [4.78, 5) is 25.9. The van der Waals surface area contributed by atoms with Crippen molar-refractivity contribution < 1.29 is 29.3 Å². The van der Waals surface area contributed by atoms with Gasteiger partial charge in [-0.1, -0.05) is 6.92 Å². The highest BCUT2D eigenvalue weighted by molar-refractivity contribution is 5.88. The molecule has 4 atom stereocenters. The number of amides is 1. The van der Waals surface area contributed by atoms with Crippen molar-refractivity contribution in [1.82, 2.24) is 14.8 Å². The second-order valence-electron chi connectivity index (χ2n) is 4.89. The fraction of sp³-hybridized carbons (Fsp3) is 0.667. The van der Waals surface area contributed by atoms with E-state index in [4.69, 9.17) is 15.2 Å². The number of aliphatic hydroxyl groups excluding tert-OH is 2. The van der Waals surface area contributed by atoms with Crippen LogP contribution in [-0.2, 0) is 14.3 Å². The van der Waals surface area contributed by atoms with Crippen molar-refractivity contribution in [2.75, 3.05) is 6.61 Å². The maximum Gasteiger partial charge on any atom is 0.305 e. The minimum absolute atomic E-state index is 0.190. The lowest BCUT2D eigenvalue weighted by atomic mass is 10.1. The lowest BCUT2D eigenvalue weighted by molar-refractivity contribution is -0.150. The van der Waals surface area contributed by atoms with Gasteiger partial charge >= 0.3 is 5.97 Å². The summed E-state index contributed by atoms with van der Waals surface area (Å²) < 4.78 is 11.5. The molecule has 0 saturated carbocycles. The van der Waals surface area contributed by atoms with Gasteiger partial charge in [0.15, 0.2) is 6.23 Å². The topological polar surface area (TPSA) is 150 Å². The lowest BCUT2D eigenvalue weighted by Crippen LogP contribution is -2.34. The number of nitrogens with two attached hydrogens (primary N) is 1. The molecule has 2 rings (SSSR count). The summed E-state index contributed by atoms with van der Waals surface area (Å²) in [7, 11) is 0. The highest BCUT2D eigenvalue weighted by Crippen LogP contribution is 2.28. The number of primary amides is 1. The molecule has 2 heterocycles. The van der Waals surface area contributed by atoms with Gasteiger partial charge in [0.05, 0.1) is 0 Å². The third-order valence-electron chi connectivity index (χ3n) is 3.19. The third-order valence-corrected chi connectivity index (χ3v) is 3.19. The Hall–Kier alpha value is -2.04. The molecule has 0 radical (unpaired) electrons. The Morgan fingerprint density at radius 3 is 2.77 bits per heavy atom. The molecule has 1 saturated heterocycles. The van der Waals surface area contributed by atoms with Crippen LogP contribution in [0.5, 0.6) is 0 Å². The molecule has 0 aliphatic carbocycles. The second-order valence-corrected chi connectivity index (χ2v) is 4.89. The Balaban J connectivity index is 1.99. The van der Waals surface area contributed by atoms with Gasteiger partial charge in [-0.05, 0) is 6.42 Å². The molecule has 1 aromatic heterocycles. The van der Waals surface area contributed by atoms with Crippen LogP contribution in [0.15, 0.2) is 6.33 Å². The predicted molar refractivity (Wildman–Crippen MR) is 70.3 cm³/mol. The number of carbonyl (C=O) groups is 2. The van der Waals surface area contributed by atoms with E-state index in [1.165, 1.54) is 0 Å². The summed E-state index contributed by atoms with van der Waals surface area (Å²) >= 11 is 0. The van der Waals surface area contributed by atoms with Crippen molar-refractivity contribution in [1.29, 1.82) is 0 Å². The summed E-state index contributed by atoms with van der Waals surface area (Å²) in [6.45, 7) is 1.65. The van der Waals surface area contributed by atoms with Crippen LogP contribution < -0.4 is 5.73 Å². The quantitative estimate of drug-likeness (QED) is 0.528. The lowest BCUT2D eigenvalue weighted by Gasteiger charge is -2.14. The molecule has 1 amide bonds. The molecule has 1 aliphatic rings. The van der Waals surface area contributed by atoms with E-state index in [0.717, 1.165) is 11.0 Å². The molecule has 0 bridgehead atoms. The van der Waals surface area contributed by atoms with Crippen LogP contribution >= 0.6 is 0 Å². The zero-order valence-electron chi connectivity index (χ0n) is 12.0. The van der Waals surface area contributed by atoms with E-state index in [-0.39, 0.29) is 18.9 Å². The summed E-state index contributed by atoms with van der Waals surface area (Å²) in [5.41, 5.74) is 5.04. The summed E-state index contributed by atoms with van der Waals surface area (Å²) in [5.74, 6) is -1.46. The summed E-state index contributed by atoms with van der Waals surface area (Å²) in [6.07, 6.45) is -2.45. The number of aromatic nitrogens is 3. The van der Waals surface area contributed by atoms with Crippen molar-refractivity contribution in [2.45, 2.75) is 44.3 Å². The van der Waals surface area contributed by atoms with E-state index in [2.05, 4.69) is 10.1 Å². The highest BCUT2D eigenvalue weighted by atomic mass is 16.6. The standard InChI is InChI=1S/C12H18N4O6/c1-2-3-7(17)21-4-6-8(18)9(19)12(22-6)16-5-14-11(15-16)10(13)20/h5-6,8-9,12,18-19H,2-4H2,1H3,(H2,13,20)/t6-,8-,9-,12+/m0/s1. The first-order valence-corrected chi connectivity index (χ1v) is 6.82. The average Bonchev–Trinajstić information content (AvgIpc) is 3.05. The molecule has 1 aromatic rings. The third kappa shape index (κ3) is 3.40. The molecule has 1 fully saturated rings. The van der Waals surface area contributed by atoms with E-state index in [9.17, 15) is 19.8 Å². The first-order chi connectivity index (χ1) is 10.4. The number of rotatable bonds is 6. The van der Waals surface area contributed by atoms with Crippen molar-refractivity contribution in [3.63, 3.8) is 0 Å². The number of ether oxygens (including phenoxy) is 2. The van der Waals surface area contributed by atoms with E-state index in [1.807, 2.05) is 6.92 Å². The van der Waals surface area contributed by atoms with Crippen molar-refractivity contribution in [3.05, 3.63) is 12.2 Å². The van der Waals surface area contributed by atoms with Crippen molar-refractivity contribution in [3.8, 4) is 0 Å². The summed E-state index contributed by atoms with van der Waals surface area (Å²) in [5, 5.41) is 23.7. The van der Waals surface area contributed by atoms with Crippen LogP contribution in [0, 0.1) is 0 Å². The first kappa shape index (κ1) is 16.3. The van der Waals surface area contributed by atoms with Gasteiger partial charge in [-0.25, -0.2) is 9.67 Å². The number of carbonyl (C=O) groups excluding carboxylic acids is 2. The largest absolute Gasteiger partial charge is 0.463 e. The molecule has 10 heteroatoms. The minimum Gasteiger partial charge on any atom is -0.463 e. The molecule has 122 valence electrons. The number of aliphatic hydroxyl groups is 2. The van der Waals surface area contributed by atoms with Crippen LogP contribution in [0.3, 0.4) is 0 Å². The van der Waals surface area contributed by atoms with E-state index >= 15 is 0 Å². The monoisotopic (exact) mass is 314 g/mol. The number of hydrogen-bond acceptors (Lipinski definition) is 8. The summed E-state index contributed by atoms with van der Waals surface area (Å²) in [6, 6.07) is 0. The van der Waals surface area contributed by atoms with Crippen LogP contribution in [0.25, 0.3) is 0 Å². The Morgan fingerprint density at radius 2 is 2.18 bits per heavy atom. The van der Waals surface area contributed by atoms with E-state index in [1.54, 1.807) is 0 Å². The molecular weight excluding hydrogens is 296 g/mol. The van der Waals surface area contributed by atoms with Gasteiger partial charge in [0, 0.05) is 6.42 Å². The van der Waals surface area contributed by atoms with Crippen LogP contribution in [0.2, 0.25) is 0 Å². The fourth-order valence-corrected chi connectivity index (χ4v) is 2.05. The van der Waals surface area contributed by atoms with Gasteiger partial charge in [-0.15, -0.1) is 5.10 Å². The second kappa shape index (κ2) is 6.81. The molecule has 22 heavy (non-hydrogen) atoms. The normalized spacial score (nSPS) is 27.8. The van der Waals surface area contributed by atoms with Crippen LogP contribution in [0.1, 0.15) is 36.6 Å². The maximum atomic E-state index is 11.3. The van der Waals surface area contributed by atoms with Gasteiger partial charge in [0.2, 0.25) is 5.82 Å². The SMILES string of the molecule is CCCC(=O)OC[C@@H]1O[C@@H](n2cnc(C(N)=O)n2)[C@@H](O)[C@H]1O. The molecule has 0 aromatic carbocycles. The Kier molecular flexibility index (Phi) is 5.06. The minimum atomic E-state index is -1.31. The number of hydrogen-bond donors (Lipinski definition) is 3. The number of nitrogens with zero attached hydrogens (tertiary/aromatic N) is 3. The van der Waals surface area contributed by atoms with Gasteiger partial charge in [-0.3, -0.25) is 9.59 Å². The Labute approximate surface area is 125 Å². The maximum absolute atomic E-state index is 11.3. The fourth-order valence-electron chi connectivity index (χ4n) is 2.05. The molecule has 1 aliphatic heterocycles. The smallest absolute Gasteiger partial charge is 0.305 e. The molecule has 0 unspecified atom stereocenters. The zero-order valence-corrected chi connectivity index (χ0v) is 12.0. The van der Waals surface area contributed by atoms with Crippen molar-refractivity contribution in [2.24, 2.45) is 5.73 Å². The van der Waals surface area contributed by atoms with Gasteiger partial charge in [0.1, 0.15) is 31.2 Å². The average molecular weight is 314 g/mol. The van der Waals surface area contributed by atoms with Gasteiger partial charge in [-0.2, -0.15) is 0 Å². The molecule has 10 nitrogen and oxygen atoms in total. The Morgan fingerprint density at radius 1 is 1.45 bits per heavy atom. The van der Waals surface area contributed by atoms with E-state index in [0.29, 0.717) is 6.42 Å². The number of esters is 1. The predicted octanol–water partition coefficient (Wildman–Crippen LogP) is -1.66. The Bertz CT molecular complexity index is 547. The zero-order chi connectivity index (χ0) is 16.3. The van der Waals surface area contributed by atoms with Crippen molar-refractivity contribution >= 4 is 11.9 Å². The van der Waals surface area contributed by atoms with Gasteiger partial charge < -0.3 is 25.4 Å². The molecule has 4 N–H and O–H groups in total. The molecule has 0 spiro atoms. The van der Waals surface area contributed by atoms with Gasteiger partial charge in [0.25, 0.3) is 5.91 Å². The van der Waals surface area contributed by atoms with E-state index < -0.39 is 36.4 Å². The highest BCUT2D eigenvalue weighted by Gasteiger charge is 2.44. The molecular formula is C12H18N4O6. The van der Waals surface area contributed by atoms with Crippen LogP contribution in [-0.4, -0.2) is 61.8 Å².